The Kier molecular flexibility index (Phi) is 11.0. The van der Waals surface area contributed by atoms with Crippen LogP contribution in [0.15, 0.2) is 4.79 Å². The summed E-state index contributed by atoms with van der Waals surface area (Å²) in [6.07, 6.45) is 6.40. The Morgan fingerprint density at radius 3 is 2.50 bits per heavy atom. The van der Waals surface area contributed by atoms with Crippen molar-refractivity contribution in [2.45, 2.75) is 78.2 Å². The highest BCUT2D eigenvalue weighted by atomic mass is 16.5. The number of nitrogen functional groups attached to an aromatic ring is 1. The predicted octanol–water partition coefficient (Wildman–Crippen LogP) is 2.21. The number of carbonyl (C=O) groups excluding carboxylic acids is 2. The van der Waals surface area contributed by atoms with Crippen LogP contribution in [-0.2, 0) is 25.5 Å². The van der Waals surface area contributed by atoms with E-state index in [1.165, 1.54) is 0 Å². The van der Waals surface area contributed by atoms with Gasteiger partial charge in [0.15, 0.2) is 11.2 Å². The molecule has 1 unspecified atom stereocenters. The minimum absolute atomic E-state index is 0.0200. The molecule has 0 aromatic carbocycles. The van der Waals surface area contributed by atoms with Gasteiger partial charge in [0.1, 0.15) is 11.9 Å². The molecule has 190 valence electrons. The second-order valence-electron chi connectivity index (χ2n) is 8.98. The first-order valence-corrected chi connectivity index (χ1v) is 12.0. The molecule has 0 saturated carbocycles. The lowest BCUT2D eigenvalue weighted by atomic mass is 10.0. The standard InChI is InChI=1S/C23H38N6O5/c1-4-5-6-7-8-9-17(30)34-13-15(10-11-33-22(32)18(24)14(2)3)12-16-26-19-20(27-16)28-23(25)29-21(19)31/h14-15,18H,4-13,24H2,1-3H3,(H4,25,26,27,28,29,31)/t15?,18-/m0/s1. The molecular formula is C23H38N6O5. The third-order valence-corrected chi connectivity index (χ3v) is 5.64. The van der Waals surface area contributed by atoms with Crippen molar-refractivity contribution < 1.29 is 19.1 Å². The molecule has 2 heterocycles. The van der Waals surface area contributed by atoms with Gasteiger partial charge >= 0.3 is 11.9 Å². The van der Waals surface area contributed by atoms with Crippen molar-refractivity contribution in [3.8, 4) is 0 Å². The van der Waals surface area contributed by atoms with Gasteiger partial charge in [0.05, 0.1) is 13.2 Å². The summed E-state index contributed by atoms with van der Waals surface area (Å²) in [5.74, 6) is -0.458. The molecule has 0 spiro atoms. The molecule has 0 bridgehead atoms. The number of carbonyl (C=O) groups is 2. The number of hydrogen-bond donors (Lipinski definition) is 4. The number of hydrogen-bond acceptors (Lipinski definition) is 9. The summed E-state index contributed by atoms with van der Waals surface area (Å²) in [6.45, 7) is 6.11. The van der Waals surface area contributed by atoms with Crippen molar-refractivity contribution in [1.82, 2.24) is 19.9 Å². The van der Waals surface area contributed by atoms with Gasteiger partial charge in [0.2, 0.25) is 5.95 Å². The number of nitrogens with one attached hydrogen (secondary N) is 2. The lowest BCUT2D eigenvalue weighted by Crippen LogP contribution is -2.37. The van der Waals surface area contributed by atoms with E-state index >= 15 is 0 Å². The van der Waals surface area contributed by atoms with Crippen molar-refractivity contribution in [3.05, 3.63) is 16.2 Å². The summed E-state index contributed by atoms with van der Waals surface area (Å²) in [7, 11) is 0. The zero-order valence-corrected chi connectivity index (χ0v) is 20.4. The molecule has 2 rings (SSSR count). The van der Waals surface area contributed by atoms with Crippen LogP contribution in [0.3, 0.4) is 0 Å². The average molecular weight is 479 g/mol. The van der Waals surface area contributed by atoms with Gasteiger partial charge in [-0.05, 0) is 18.8 Å². The van der Waals surface area contributed by atoms with Crippen LogP contribution < -0.4 is 17.0 Å². The zero-order valence-electron chi connectivity index (χ0n) is 20.4. The number of rotatable bonds is 15. The number of esters is 2. The lowest BCUT2D eigenvalue weighted by Gasteiger charge is -2.18. The molecular weight excluding hydrogens is 440 g/mol. The SMILES string of the molecule is CCCCCCCC(=O)OCC(CCOC(=O)[C@@H](N)C(C)C)Cc1nc2nc(N)[nH]c(=O)c2[nH]1. The van der Waals surface area contributed by atoms with Gasteiger partial charge in [-0.1, -0.05) is 46.5 Å². The number of H-pyrrole nitrogens is 2. The topological polar surface area (TPSA) is 179 Å². The number of unbranched alkanes of at least 4 members (excludes halogenated alkanes) is 4. The van der Waals surface area contributed by atoms with Gasteiger partial charge in [-0.25, -0.2) is 4.98 Å². The van der Waals surface area contributed by atoms with E-state index in [2.05, 4.69) is 26.9 Å². The molecule has 0 aliphatic heterocycles. The van der Waals surface area contributed by atoms with Crippen LogP contribution in [-0.4, -0.2) is 51.1 Å². The highest BCUT2D eigenvalue weighted by molar-refractivity contribution is 5.75. The number of imidazole rings is 1. The second kappa shape index (κ2) is 13.7. The summed E-state index contributed by atoms with van der Waals surface area (Å²) in [5.41, 5.74) is 11.4. The normalized spacial score (nSPS) is 13.2. The Morgan fingerprint density at radius 2 is 1.79 bits per heavy atom. The van der Waals surface area contributed by atoms with Gasteiger partial charge < -0.3 is 25.9 Å². The number of nitrogens with two attached hydrogens (primary N) is 2. The maximum absolute atomic E-state index is 12.2. The fourth-order valence-electron chi connectivity index (χ4n) is 3.44. The quantitative estimate of drug-likeness (QED) is 0.220. The monoisotopic (exact) mass is 478 g/mol. The highest BCUT2D eigenvalue weighted by Crippen LogP contribution is 2.15. The van der Waals surface area contributed by atoms with E-state index < -0.39 is 17.6 Å². The minimum Gasteiger partial charge on any atom is -0.465 e. The Balaban J connectivity index is 1.97. The summed E-state index contributed by atoms with van der Waals surface area (Å²) >= 11 is 0. The smallest absolute Gasteiger partial charge is 0.323 e. The van der Waals surface area contributed by atoms with Crippen LogP contribution >= 0.6 is 0 Å². The van der Waals surface area contributed by atoms with E-state index in [9.17, 15) is 14.4 Å². The van der Waals surface area contributed by atoms with Crippen LogP contribution in [0.4, 0.5) is 5.95 Å². The van der Waals surface area contributed by atoms with Crippen molar-refractivity contribution >= 4 is 29.1 Å². The predicted molar refractivity (Wildman–Crippen MR) is 129 cm³/mol. The summed E-state index contributed by atoms with van der Waals surface area (Å²) in [6, 6.07) is -0.692. The fraction of sp³-hybridized carbons (Fsp3) is 0.696. The molecule has 11 heteroatoms. The fourth-order valence-corrected chi connectivity index (χ4v) is 3.44. The van der Waals surface area contributed by atoms with Crippen molar-refractivity contribution in [2.75, 3.05) is 18.9 Å². The van der Waals surface area contributed by atoms with Crippen molar-refractivity contribution in [1.29, 1.82) is 0 Å². The summed E-state index contributed by atoms with van der Waals surface area (Å²) in [5, 5.41) is 0. The summed E-state index contributed by atoms with van der Waals surface area (Å²) < 4.78 is 10.8. The number of fused-ring (bicyclic) bond motifs is 1. The average Bonchev–Trinajstić information content (AvgIpc) is 3.19. The van der Waals surface area contributed by atoms with Crippen molar-refractivity contribution in [3.63, 3.8) is 0 Å². The number of aromatic nitrogens is 4. The second-order valence-corrected chi connectivity index (χ2v) is 8.98. The molecule has 11 nitrogen and oxygen atoms in total. The number of aromatic amines is 2. The highest BCUT2D eigenvalue weighted by Gasteiger charge is 2.21. The van der Waals surface area contributed by atoms with E-state index in [0.29, 0.717) is 25.1 Å². The number of anilines is 1. The molecule has 0 amide bonds. The van der Waals surface area contributed by atoms with Gasteiger partial charge in [-0.2, -0.15) is 4.98 Å². The largest absolute Gasteiger partial charge is 0.465 e. The molecule has 2 aromatic rings. The molecule has 0 radical (unpaired) electrons. The molecule has 2 aromatic heterocycles. The van der Waals surface area contributed by atoms with Gasteiger partial charge in [0, 0.05) is 18.8 Å². The first-order valence-electron chi connectivity index (χ1n) is 12.0. The third-order valence-electron chi connectivity index (χ3n) is 5.64. The molecule has 6 N–H and O–H groups in total. The van der Waals surface area contributed by atoms with Crippen LogP contribution in [0.2, 0.25) is 0 Å². The first-order chi connectivity index (χ1) is 16.2. The third kappa shape index (κ3) is 8.77. The molecule has 0 fully saturated rings. The number of ether oxygens (including phenoxy) is 2. The summed E-state index contributed by atoms with van der Waals surface area (Å²) in [4.78, 5) is 50.0. The van der Waals surface area contributed by atoms with E-state index in [1.54, 1.807) is 0 Å². The Bertz CT molecular complexity index is 986. The first kappa shape index (κ1) is 27.3. The molecule has 34 heavy (non-hydrogen) atoms. The van der Waals surface area contributed by atoms with Crippen molar-refractivity contribution in [2.24, 2.45) is 17.6 Å². The lowest BCUT2D eigenvalue weighted by molar-refractivity contribution is -0.149. The minimum atomic E-state index is -0.692. The van der Waals surface area contributed by atoms with Gasteiger partial charge in [-0.3, -0.25) is 19.4 Å². The van der Waals surface area contributed by atoms with Gasteiger partial charge in [0.25, 0.3) is 5.56 Å². The molecule has 0 aliphatic rings. The van der Waals surface area contributed by atoms with Crippen LogP contribution in [0.25, 0.3) is 11.2 Å². The van der Waals surface area contributed by atoms with E-state index in [0.717, 1.165) is 32.1 Å². The Hall–Kier alpha value is -2.95. The van der Waals surface area contributed by atoms with Crippen LogP contribution in [0.5, 0.6) is 0 Å². The molecule has 2 atom stereocenters. The van der Waals surface area contributed by atoms with E-state index in [1.807, 2.05) is 13.8 Å². The van der Waals surface area contributed by atoms with E-state index in [-0.39, 0.29) is 48.1 Å². The maximum atomic E-state index is 12.2. The Labute approximate surface area is 199 Å². The molecule has 0 saturated heterocycles. The van der Waals surface area contributed by atoms with Crippen LogP contribution in [0, 0.1) is 11.8 Å². The van der Waals surface area contributed by atoms with Crippen LogP contribution in [0.1, 0.15) is 71.5 Å². The van der Waals surface area contributed by atoms with Gasteiger partial charge in [-0.15, -0.1) is 0 Å². The molecule has 0 aliphatic carbocycles. The number of nitrogens with zero attached hydrogens (tertiary/aromatic N) is 2. The maximum Gasteiger partial charge on any atom is 0.323 e. The van der Waals surface area contributed by atoms with E-state index in [4.69, 9.17) is 20.9 Å². The zero-order chi connectivity index (χ0) is 25.1. The Morgan fingerprint density at radius 1 is 1.06 bits per heavy atom.